The van der Waals surface area contributed by atoms with Crippen molar-refractivity contribution < 1.29 is 29.4 Å². The zero-order valence-electron chi connectivity index (χ0n) is 20.3. The molecule has 1 aliphatic heterocycles. The summed E-state index contributed by atoms with van der Waals surface area (Å²) in [5.41, 5.74) is 2.04. The fourth-order valence-corrected chi connectivity index (χ4v) is 4.33. The molecule has 2 rings (SSSR count). The quantitative estimate of drug-likeness (QED) is 0.344. The van der Waals surface area contributed by atoms with E-state index < -0.39 is 11.9 Å². The van der Waals surface area contributed by atoms with Crippen LogP contribution in [0.25, 0.3) is 0 Å². The molecule has 0 bridgehead atoms. The van der Waals surface area contributed by atoms with Gasteiger partial charge in [-0.2, -0.15) is 0 Å². The zero-order chi connectivity index (χ0) is 25.6. The summed E-state index contributed by atoms with van der Waals surface area (Å²) in [5.74, 6) is -1.91. The molecule has 1 aliphatic rings. The number of rotatable bonds is 11. The van der Waals surface area contributed by atoms with Crippen molar-refractivity contribution in [1.82, 2.24) is 19.6 Å². The van der Waals surface area contributed by atoms with Gasteiger partial charge in [0.25, 0.3) is 0 Å². The third-order valence-electron chi connectivity index (χ3n) is 6.23. The van der Waals surface area contributed by atoms with Gasteiger partial charge in [0.1, 0.15) is 12.6 Å². The van der Waals surface area contributed by atoms with Gasteiger partial charge in [-0.3, -0.25) is 29.2 Å². The van der Waals surface area contributed by atoms with Gasteiger partial charge >= 0.3 is 11.9 Å². The van der Waals surface area contributed by atoms with E-state index in [1.54, 1.807) is 4.90 Å². The van der Waals surface area contributed by atoms with Gasteiger partial charge in [-0.1, -0.05) is 12.1 Å². The Morgan fingerprint density at radius 3 is 1.97 bits per heavy atom. The average Bonchev–Trinajstić information content (AvgIpc) is 2.81. The number of nitrogens with zero attached hydrogens (tertiary/aromatic N) is 4. The van der Waals surface area contributed by atoms with Crippen molar-refractivity contribution in [2.24, 2.45) is 0 Å². The number of carbonyl (C=O) groups excluding carboxylic acids is 2. The van der Waals surface area contributed by atoms with Crippen LogP contribution in [0.4, 0.5) is 5.69 Å². The monoisotopic (exact) mass is 491 g/mol. The first kappa shape index (κ1) is 28.4. The fraction of sp³-hybridized carbons (Fsp3) is 0.583. The number of carbonyl (C=O) groups is 4. The van der Waals surface area contributed by atoms with Crippen molar-refractivity contribution in [2.75, 3.05) is 84.4 Å². The van der Waals surface area contributed by atoms with Crippen LogP contribution in [-0.2, 0) is 25.6 Å². The molecular weight excluding hydrogens is 454 g/mol. The van der Waals surface area contributed by atoms with Gasteiger partial charge in [0.15, 0.2) is 0 Å². The van der Waals surface area contributed by atoms with Gasteiger partial charge in [0.05, 0.1) is 26.2 Å². The van der Waals surface area contributed by atoms with Crippen LogP contribution >= 0.6 is 0 Å². The number of aliphatic carboxylic acids is 2. The topological polar surface area (TPSA) is 134 Å². The minimum absolute atomic E-state index is 0.148. The minimum Gasteiger partial charge on any atom is -0.480 e. The molecule has 1 unspecified atom stereocenters. The molecule has 1 fully saturated rings. The molecule has 0 spiro atoms. The number of nitrogens with one attached hydrogen (secondary N) is 1. The van der Waals surface area contributed by atoms with Gasteiger partial charge in [0.2, 0.25) is 0 Å². The zero-order valence-corrected chi connectivity index (χ0v) is 20.3. The lowest BCUT2D eigenvalue weighted by atomic mass is 10.0. The molecule has 1 heterocycles. The number of carboxylic acids is 2. The predicted octanol–water partition coefficient (Wildman–Crippen LogP) is -0.572. The molecule has 0 aliphatic carbocycles. The number of benzene rings is 1. The summed E-state index contributed by atoms with van der Waals surface area (Å²) in [5, 5.41) is 21.9. The Bertz CT molecular complexity index is 821. The Kier molecular flexibility index (Phi) is 12.3. The first-order valence-electron chi connectivity index (χ1n) is 11.8. The van der Waals surface area contributed by atoms with E-state index >= 15 is 0 Å². The van der Waals surface area contributed by atoms with E-state index in [0.717, 1.165) is 23.8 Å². The molecule has 0 amide bonds. The van der Waals surface area contributed by atoms with Crippen molar-refractivity contribution in [3.05, 3.63) is 29.8 Å². The van der Waals surface area contributed by atoms with Crippen LogP contribution in [0.2, 0.25) is 0 Å². The maximum absolute atomic E-state index is 11.6. The molecule has 35 heavy (non-hydrogen) atoms. The summed E-state index contributed by atoms with van der Waals surface area (Å²) in [6.07, 6.45) is 2.29. The molecular formula is C24H37N5O6. The Morgan fingerprint density at radius 1 is 0.857 bits per heavy atom. The molecule has 0 radical (unpaired) electrons. The molecule has 194 valence electrons. The first-order chi connectivity index (χ1) is 16.8. The van der Waals surface area contributed by atoms with Crippen molar-refractivity contribution in [3.63, 3.8) is 0 Å². The Morgan fingerprint density at radius 2 is 1.40 bits per heavy atom. The third-order valence-corrected chi connectivity index (χ3v) is 6.23. The van der Waals surface area contributed by atoms with E-state index in [-0.39, 0.29) is 32.2 Å². The average molecular weight is 492 g/mol. The normalized spacial score (nSPS) is 19.9. The Hall–Kier alpha value is -2.86. The molecule has 1 saturated heterocycles. The van der Waals surface area contributed by atoms with E-state index in [1.165, 1.54) is 0 Å². The molecule has 11 nitrogen and oxygen atoms in total. The third kappa shape index (κ3) is 10.5. The maximum atomic E-state index is 11.6. The van der Waals surface area contributed by atoms with Gasteiger partial charge in [-0.15, -0.1) is 0 Å². The summed E-state index contributed by atoms with van der Waals surface area (Å²) in [7, 11) is 1.84. The number of aldehydes is 2. The molecule has 0 saturated carbocycles. The SMILES string of the molecule is CNc1ccc(CC2CN(CC(=O)O)CCN(CC(=O)O)CCN(CC=O)CCN2CC=O)cc1. The fourth-order valence-electron chi connectivity index (χ4n) is 4.33. The number of anilines is 1. The largest absolute Gasteiger partial charge is 0.480 e. The van der Waals surface area contributed by atoms with Crippen LogP contribution in [0.15, 0.2) is 24.3 Å². The lowest BCUT2D eigenvalue weighted by molar-refractivity contribution is -0.140. The van der Waals surface area contributed by atoms with Crippen LogP contribution in [-0.4, -0.2) is 139 Å². The van der Waals surface area contributed by atoms with Crippen molar-refractivity contribution in [2.45, 2.75) is 12.5 Å². The minimum atomic E-state index is -0.960. The number of hydrogen-bond acceptors (Lipinski definition) is 9. The molecule has 1 aromatic rings. The summed E-state index contributed by atoms with van der Waals surface area (Å²) in [6, 6.07) is 7.82. The van der Waals surface area contributed by atoms with Gasteiger partial charge in [-0.25, -0.2) is 0 Å². The number of hydrogen-bond donors (Lipinski definition) is 3. The van der Waals surface area contributed by atoms with Gasteiger partial charge in [-0.05, 0) is 24.1 Å². The van der Waals surface area contributed by atoms with Gasteiger partial charge < -0.3 is 25.1 Å². The first-order valence-corrected chi connectivity index (χ1v) is 11.8. The van der Waals surface area contributed by atoms with E-state index in [2.05, 4.69) is 5.32 Å². The summed E-state index contributed by atoms with van der Waals surface area (Å²) in [6.45, 7) is 3.22. The highest BCUT2D eigenvalue weighted by molar-refractivity contribution is 5.69. The molecule has 0 aromatic heterocycles. The van der Waals surface area contributed by atoms with Crippen LogP contribution in [0.3, 0.4) is 0 Å². The highest BCUT2D eigenvalue weighted by Gasteiger charge is 2.25. The lowest BCUT2D eigenvalue weighted by Gasteiger charge is -2.37. The Balaban J connectivity index is 2.33. The van der Waals surface area contributed by atoms with Gasteiger partial charge in [0, 0.05) is 64.6 Å². The highest BCUT2D eigenvalue weighted by Crippen LogP contribution is 2.15. The molecule has 11 heteroatoms. The van der Waals surface area contributed by atoms with Crippen LogP contribution in [0, 0.1) is 0 Å². The van der Waals surface area contributed by atoms with Crippen molar-refractivity contribution in [1.29, 1.82) is 0 Å². The van der Waals surface area contributed by atoms with Crippen molar-refractivity contribution in [3.8, 4) is 0 Å². The molecule has 3 N–H and O–H groups in total. The molecule has 1 aromatic carbocycles. The standard InChI is InChI=1S/C24H37N5O6/c1-25-21-4-2-20(3-5-21)16-22-17-28(19-24(34)35)9-8-27(18-23(32)33)7-6-26(12-14-30)10-11-29(22)13-15-31/h2-5,14-15,22,25H,6-13,16-19H2,1H3,(H,32,33)(H,34,35). The van der Waals surface area contributed by atoms with Crippen LogP contribution in [0.5, 0.6) is 0 Å². The highest BCUT2D eigenvalue weighted by atomic mass is 16.4. The van der Waals surface area contributed by atoms with E-state index in [1.807, 2.05) is 46.0 Å². The smallest absolute Gasteiger partial charge is 0.317 e. The number of carboxylic acid groups (broad SMARTS) is 2. The lowest BCUT2D eigenvalue weighted by Crippen LogP contribution is -2.52. The maximum Gasteiger partial charge on any atom is 0.317 e. The predicted molar refractivity (Wildman–Crippen MR) is 132 cm³/mol. The van der Waals surface area contributed by atoms with E-state index in [0.29, 0.717) is 52.2 Å². The second kappa shape index (κ2) is 15.2. The van der Waals surface area contributed by atoms with Crippen LogP contribution in [0.1, 0.15) is 5.56 Å². The van der Waals surface area contributed by atoms with E-state index in [4.69, 9.17) is 0 Å². The Labute approximate surface area is 206 Å². The second-order valence-electron chi connectivity index (χ2n) is 8.73. The van der Waals surface area contributed by atoms with Crippen LogP contribution < -0.4 is 5.32 Å². The molecule has 1 atom stereocenters. The summed E-state index contributed by atoms with van der Waals surface area (Å²) >= 11 is 0. The second-order valence-corrected chi connectivity index (χ2v) is 8.73. The summed E-state index contributed by atoms with van der Waals surface area (Å²) in [4.78, 5) is 53.3. The van der Waals surface area contributed by atoms with E-state index in [9.17, 15) is 29.4 Å². The van der Waals surface area contributed by atoms with Crippen molar-refractivity contribution >= 4 is 30.2 Å². The summed E-state index contributed by atoms with van der Waals surface area (Å²) < 4.78 is 0.